The Morgan fingerprint density at radius 3 is 2.44 bits per heavy atom. The van der Waals surface area contributed by atoms with E-state index in [0.717, 1.165) is 17.4 Å². The molecule has 1 aromatic heterocycles. The normalized spacial score (nSPS) is 12.7. The first kappa shape index (κ1) is 15.6. The zero-order chi connectivity index (χ0) is 14.1. The molecule has 0 spiro atoms. The van der Waals surface area contributed by atoms with Crippen LogP contribution in [0, 0.1) is 0 Å². The number of rotatable bonds is 4. The van der Waals surface area contributed by atoms with Gasteiger partial charge in [0.25, 0.3) is 10.0 Å². The summed E-state index contributed by atoms with van der Waals surface area (Å²) in [5, 5.41) is 8.79. The van der Waals surface area contributed by atoms with Crippen molar-refractivity contribution in [1.82, 2.24) is 4.89 Å². The summed E-state index contributed by atoms with van der Waals surface area (Å²) < 4.78 is 24.0. The van der Waals surface area contributed by atoms with Crippen molar-refractivity contribution in [1.29, 1.82) is 0 Å². The van der Waals surface area contributed by atoms with Crippen LogP contribution < -0.4 is 4.89 Å². The maximum Gasteiger partial charge on any atom is 0.345 e. The zero-order valence-corrected chi connectivity index (χ0v) is 13.1. The molecule has 0 aromatic carbocycles. The number of carbonyl (C=O) groups is 1. The number of halogens is 1. The largest absolute Gasteiger partial charge is 0.477 e. The minimum Gasteiger partial charge on any atom is -0.477 e. The van der Waals surface area contributed by atoms with Gasteiger partial charge in [-0.2, -0.15) is 0 Å². The lowest BCUT2D eigenvalue weighted by atomic mass is 10.2. The van der Waals surface area contributed by atoms with Gasteiger partial charge in [-0.1, -0.05) is 4.89 Å². The third kappa shape index (κ3) is 4.02. The van der Waals surface area contributed by atoms with Gasteiger partial charge in [-0.3, -0.25) is 4.84 Å². The van der Waals surface area contributed by atoms with E-state index in [1.165, 1.54) is 0 Å². The number of sulfonamides is 1. The van der Waals surface area contributed by atoms with Gasteiger partial charge in [-0.25, -0.2) is 13.2 Å². The number of hydrogen-bond donors (Lipinski definition) is 2. The van der Waals surface area contributed by atoms with Crippen molar-refractivity contribution >= 4 is 43.3 Å². The second-order valence-electron chi connectivity index (χ2n) is 4.35. The van der Waals surface area contributed by atoms with E-state index in [2.05, 4.69) is 15.9 Å². The maximum absolute atomic E-state index is 11.9. The summed E-state index contributed by atoms with van der Waals surface area (Å²) in [6.45, 7) is 5.04. The summed E-state index contributed by atoms with van der Waals surface area (Å²) in [4.78, 5) is 17.5. The molecule has 1 aromatic rings. The fourth-order valence-corrected chi connectivity index (χ4v) is 4.22. The summed E-state index contributed by atoms with van der Waals surface area (Å²) in [5.41, 5.74) is -0.689. The SMILES string of the molecule is CC(C)(C)ONS(=O)(=O)c1cc(C(=O)O)sc1Br. The molecule has 2 N–H and O–H groups in total. The first-order chi connectivity index (χ1) is 8.03. The summed E-state index contributed by atoms with van der Waals surface area (Å²) in [6.07, 6.45) is 0. The van der Waals surface area contributed by atoms with Gasteiger partial charge in [0.05, 0.1) is 9.39 Å². The predicted octanol–water partition coefficient (Wildman–Crippen LogP) is 2.22. The minimum atomic E-state index is -3.91. The Balaban J connectivity index is 3.02. The van der Waals surface area contributed by atoms with Crippen molar-refractivity contribution in [2.24, 2.45) is 0 Å². The Bertz CT molecular complexity index is 558. The average molecular weight is 358 g/mol. The third-order valence-electron chi connectivity index (χ3n) is 1.61. The van der Waals surface area contributed by atoms with Gasteiger partial charge >= 0.3 is 5.97 Å². The van der Waals surface area contributed by atoms with Crippen LogP contribution in [0.1, 0.15) is 30.4 Å². The smallest absolute Gasteiger partial charge is 0.345 e. The van der Waals surface area contributed by atoms with Crippen molar-refractivity contribution in [3.05, 3.63) is 14.7 Å². The van der Waals surface area contributed by atoms with Crippen LogP contribution in [0.4, 0.5) is 0 Å². The maximum atomic E-state index is 11.9. The monoisotopic (exact) mass is 357 g/mol. The van der Waals surface area contributed by atoms with Gasteiger partial charge in [0.2, 0.25) is 0 Å². The fraction of sp³-hybridized carbons (Fsp3) is 0.444. The molecule has 0 amide bonds. The standard InChI is InChI=1S/C9H12BrNO5S2/c1-9(2,3)16-11-18(14,15)6-4-5(8(12)13)17-7(6)10/h4,11H,1-3H3,(H,12,13). The molecule has 1 rings (SSSR count). The van der Waals surface area contributed by atoms with Gasteiger partial charge in [0.1, 0.15) is 9.77 Å². The van der Waals surface area contributed by atoms with E-state index in [1.54, 1.807) is 20.8 Å². The average Bonchev–Trinajstić information content (AvgIpc) is 2.57. The van der Waals surface area contributed by atoms with Crippen LogP contribution in [0.2, 0.25) is 0 Å². The first-order valence-electron chi connectivity index (χ1n) is 4.75. The van der Waals surface area contributed by atoms with Gasteiger partial charge in [-0.05, 0) is 42.8 Å². The topological polar surface area (TPSA) is 92.7 Å². The van der Waals surface area contributed by atoms with E-state index in [4.69, 9.17) is 9.94 Å². The van der Waals surface area contributed by atoms with Crippen molar-refractivity contribution in [2.45, 2.75) is 31.3 Å². The zero-order valence-electron chi connectivity index (χ0n) is 9.85. The van der Waals surface area contributed by atoms with Gasteiger partial charge in [-0.15, -0.1) is 11.3 Å². The number of carboxylic acid groups (broad SMARTS) is 1. The van der Waals surface area contributed by atoms with Crippen LogP contribution in [0.25, 0.3) is 0 Å². The molecule has 0 bridgehead atoms. The molecule has 0 saturated heterocycles. The Hall–Kier alpha value is -0.480. The highest BCUT2D eigenvalue weighted by molar-refractivity contribution is 9.11. The Kier molecular flexibility index (Phi) is 4.55. The number of carboxylic acids is 1. The summed E-state index contributed by atoms with van der Waals surface area (Å²) in [5.74, 6) is -1.18. The number of thiophene rings is 1. The first-order valence-corrected chi connectivity index (χ1v) is 7.84. The highest BCUT2D eigenvalue weighted by atomic mass is 79.9. The highest BCUT2D eigenvalue weighted by Gasteiger charge is 2.25. The van der Waals surface area contributed by atoms with Crippen LogP contribution >= 0.6 is 27.3 Å². The molecule has 0 aliphatic carbocycles. The molecule has 6 nitrogen and oxygen atoms in total. The van der Waals surface area contributed by atoms with Gasteiger partial charge < -0.3 is 5.11 Å². The molecule has 0 saturated carbocycles. The fourth-order valence-electron chi connectivity index (χ4n) is 0.865. The van der Waals surface area contributed by atoms with E-state index >= 15 is 0 Å². The van der Waals surface area contributed by atoms with E-state index < -0.39 is 21.6 Å². The summed E-state index contributed by atoms with van der Waals surface area (Å²) in [6, 6.07) is 1.07. The Morgan fingerprint density at radius 1 is 1.50 bits per heavy atom. The summed E-state index contributed by atoms with van der Waals surface area (Å²) >= 11 is 3.85. The van der Waals surface area contributed by atoms with E-state index in [0.29, 0.717) is 0 Å². The van der Waals surface area contributed by atoms with Crippen LogP contribution in [0.3, 0.4) is 0 Å². The van der Waals surface area contributed by atoms with Crippen LogP contribution in [0.15, 0.2) is 14.7 Å². The molecular formula is C9H12BrNO5S2. The molecule has 0 unspecified atom stereocenters. The summed E-state index contributed by atoms with van der Waals surface area (Å²) in [7, 11) is -3.91. The molecule has 1 heterocycles. The van der Waals surface area contributed by atoms with Crippen molar-refractivity contribution < 1.29 is 23.2 Å². The minimum absolute atomic E-state index is 0.0713. The van der Waals surface area contributed by atoms with Crippen LogP contribution in [-0.2, 0) is 14.9 Å². The molecule has 18 heavy (non-hydrogen) atoms. The van der Waals surface area contributed by atoms with Gasteiger partial charge in [0.15, 0.2) is 0 Å². The second kappa shape index (κ2) is 5.25. The molecule has 0 radical (unpaired) electrons. The lowest BCUT2D eigenvalue weighted by Crippen LogP contribution is -2.33. The van der Waals surface area contributed by atoms with Gasteiger partial charge in [0, 0.05) is 0 Å². The Morgan fingerprint density at radius 2 is 2.06 bits per heavy atom. The quantitative estimate of drug-likeness (QED) is 0.805. The molecule has 102 valence electrons. The number of nitrogens with one attached hydrogen (secondary N) is 1. The molecule has 0 atom stereocenters. The highest BCUT2D eigenvalue weighted by Crippen LogP contribution is 2.31. The molecule has 0 aliphatic heterocycles. The van der Waals surface area contributed by atoms with E-state index in [-0.39, 0.29) is 13.6 Å². The number of hydrogen-bond acceptors (Lipinski definition) is 5. The van der Waals surface area contributed by atoms with Crippen LogP contribution in [0.5, 0.6) is 0 Å². The Labute approximate surface area is 117 Å². The molecule has 0 fully saturated rings. The van der Waals surface area contributed by atoms with Crippen molar-refractivity contribution in [3.63, 3.8) is 0 Å². The van der Waals surface area contributed by atoms with Crippen LogP contribution in [-0.4, -0.2) is 25.1 Å². The lowest BCUT2D eigenvalue weighted by molar-refractivity contribution is -0.0357. The second-order valence-corrected chi connectivity index (χ2v) is 8.34. The van der Waals surface area contributed by atoms with E-state index in [1.807, 2.05) is 4.89 Å². The lowest BCUT2D eigenvalue weighted by Gasteiger charge is -2.18. The molecule has 0 aliphatic rings. The van der Waals surface area contributed by atoms with Crippen molar-refractivity contribution in [2.75, 3.05) is 0 Å². The predicted molar refractivity (Wildman–Crippen MR) is 70.1 cm³/mol. The molecule has 9 heteroatoms. The third-order valence-corrected chi connectivity index (χ3v) is 5.03. The molecular weight excluding hydrogens is 346 g/mol. The number of aromatic carboxylic acids is 1. The van der Waals surface area contributed by atoms with E-state index in [9.17, 15) is 13.2 Å². The van der Waals surface area contributed by atoms with Crippen molar-refractivity contribution in [3.8, 4) is 0 Å².